The van der Waals surface area contributed by atoms with Crippen LogP contribution < -0.4 is 0 Å². The second-order valence-corrected chi connectivity index (χ2v) is 7.12. The molecule has 0 saturated heterocycles. The normalized spacial score (nSPS) is 14.1. The lowest BCUT2D eigenvalue weighted by Crippen LogP contribution is -2.37. The quantitative estimate of drug-likeness (QED) is 0.527. The molecular weight excluding hydrogens is 298 g/mol. The van der Waals surface area contributed by atoms with Gasteiger partial charge in [0.25, 0.3) is 0 Å². The molecule has 0 amide bonds. The molecule has 0 spiro atoms. The highest BCUT2D eigenvalue weighted by molar-refractivity contribution is 5.25. The van der Waals surface area contributed by atoms with E-state index in [1.807, 2.05) is 31.1 Å². The summed E-state index contributed by atoms with van der Waals surface area (Å²) in [4.78, 5) is 1.86. The van der Waals surface area contributed by atoms with Crippen molar-refractivity contribution < 1.29 is 10.2 Å². The zero-order valence-corrected chi connectivity index (χ0v) is 15.9. The van der Waals surface area contributed by atoms with E-state index in [0.29, 0.717) is 0 Å². The molecule has 0 saturated carbocycles. The van der Waals surface area contributed by atoms with Gasteiger partial charge < -0.3 is 15.1 Å². The lowest BCUT2D eigenvalue weighted by Gasteiger charge is -2.27. The molecule has 2 unspecified atom stereocenters. The third kappa shape index (κ3) is 7.78. The van der Waals surface area contributed by atoms with Crippen molar-refractivity contribution in [1.29, 1.82) is 0 Å². The molecule has 0 radical (unpaired) electrons. The van der Waals surface area contributed by atoms with Crippen LogP contribution in [0, 0.1) is 0 Å². The maximum Gasteiger partial charge on any atom is 0.0967 e. The van der Waals surface area contributed by atoms with Gasteiger partial charge in [0.1, 0.15) is 0 Å². The molecule has 2 atom stereocenters. The number of hydrogen-bond donors (Lipinski definition) is 2. The third-order valence-electron chi connectivity index (χ3n) is 4.86. The van der Waals surface area contributed by atoms with E-state index >= 15 is 0 Å². The molecule has 3 heteroatoms. The molecule has 0 aliphatic carbocycles. The molecule has 1 rings (SSSR count). The van der Waals surface area contributed by atoms with Crippen molar-refractivity contribution in [2.24, 2.45) is 0 Å². The monoisotopic (exact) mass is 335 g/mol. The second kappa shape index (κ2) is 12.5. The first-order chi connectivity index (χ1) is 11.6. The van der Waals surface area contributed by atoms with Crippen molar-refractivity contribution in [1.82, 2.24) is 4.90 Å². The Bertz CT molecular complexity index is 416. The Morgan fingerprint density at radius 3 is 1.92 bits per heavy atom. The Labute approximate surface area is 148 Å². The Kier molecular flexibility index (Phi) is 11.0. The number of hydrogen-bond acceptors (Lipinski definition) is 3. The van der Waals surface area contributed by atoms with Crippen LogP contribution in [-0.4, -0.2) is 41.9 Å². The van der Waals surface area contributed by atoms with Crippen molar-refractivity contribution in [3.63, 3.8) is 0 Å². The van der Waals surface area contributed by atoms with Crippen LogP contribution in [0.3, 0.4) is 0 Å². The highest BCUT2D eigenvalue weighted by atomic mass is 16.3. The van der Waals surface area contributed by atoms with Gasteiger partial charge in [-0.05, 0) is 38.1 Å². The van der Waals surface area contributed by atoms with Gasteiger partial charge in [0.15, 0.2) is 0 Å². The molecule has 1 aromatic carbocycles. The van der Waals surface area contributed by atoms with E-state index in [9.17, 15) is 10.2 Å². The van der Waals surface area contributed by atoms with Gasteiger partial charge in [-0.2, -0.15) is 0 Å². The molecule has 3 nitrogen and oxygen atoms in total. The van der Waals surface area contributed by atoms with E-state index in [2.05, 4.69) is 19.1 Å². The van der Waals surface area contributed by atoms with E-state index in [4.69, 9.17) is 0 Å². The fraction of sp³-hybridized carbons (Fsp3) is 0.714. The molecule has 24 heavy (non-hydrogen) atoms. The van der Waals surface area contributed by atoms with Crippen molar-refractivity contribution in [2.75, 3.05) is 20.7 Å². The maximum absolute atomic E-state index is 10.4. The van der Waals surface area contributed by atoms with Crippen molar-refractivity contribution in [3.8, 4) is 0 Å². The SMILES string of the molecule is CCCCCCCCCCc1ccc(C(O)C(CO)N(C)C)cc1. The zero-order chi connectivity index (χ0) is 17.8. The Hall–Kier alpha value is -0.900. The summed E-state index contributed by atoms with van der Waals surface area (Å²) in [5.74, 6) is 0. The zero-order valence-electron chi connectivity index (χ0n) is 15.9. The Balaban J connectivity index is 2.29. The van der Waals surface area contributed by atoms with Gasteiger partial charge in [-0.15, -0.1) is 0 Å². The minimum absolute atomic E-state index is 0.0474. The number of nitrogens with zero attached hydrogens (tertiary/aromatic N) is 1. The molecule has 138 valence electrons. The van der Waals surface area contributed by atoms with Gasteiger partial charge in [-0.1, -0.05) is 76.1 Å². The summed E-state index contributed by atoms with van der Waals surface area (Å²) < 4.78 is 0. The van der Waals surface area contributed by atoms with E-state index in [0.717, 1.165) is 12.0 Å². The van der Waals surface area contributed by atoms with Crippen LogP contribution in [0.15, 0.2) is 24.3 Å². The predicted molar refractivity (Wildman–Crippen MR) is 102 cm³/mol. The highest BCUT2D eigenvalue weighted by Crippen LogP contribution is 2.21. The van der Waals surface area contributed by atoms with Gasteiger partial charge in [0, 0.05) is 0 Å². The van der Waals surface area contributed by atoms with Crippen LogP contribution in [0.2, 0.25) is 0 Å². The highest BCUT2D eigenvalue weighted by Gasteiger charge is 2.21. The van der Waals surface area contributed by atoms with Gasteiger partial charge in [0.05, 0.1) is 18.8 Å². The van der Waals surface area contributed by atoms with Gasteiger partial charge in [-0.3, -0.25) is 0 Å². The van der Waals surface area contributed by atoms with E-state index in [-0.39, 0.29) is 12.6 Å². The van der Waals surface area contributed by atoms with Crippen LogP contribution in [0.4, 0.5) is 0 Å². The average molecular weight is 336 g/mol. The number of benzene rings is 1. The Morgan fingerprint density at radius 1 is 0.875 bits per heavy atom. The third-order valence-corrected chi connectivity index (χ3v) is 4.86. The van der Waals surface area contributed by atoms with Crippen molar-refractivity contribution in [2.45, 2.75) is 76.9 Å². The summed E-state index contributed by atoms with van der Waals surface area (Å²) in [6.45, 7) is 2.21. The maximum atomic E-state index is 10.4. The number of rotatable bonds is 13. The van der Waals surface area contributed by atoms with Gasteiger partial charge in [0.2, 0.25) is 0 Å². The van der Waals surface area contributed by atoms with E-state index in [1.54, 1.807) is 0 Å². The van der Waals surface area contributed by atoms with Crippen LogP contribution in [0.5, 0.6) is 0 Å². The number of aryl methyl sites for hydroxylation is 1. The van der Waals surface area contributed by atoms with E-state index < -0.39 is 6.10 Å². The minimum Gasteiger partial charge on any atom is -0.395 e. The van der Waals surface area contributed by atoms with Crippen LogP contribution in [0.25, 0.3) is 0 Å². The molecule has 0 aromatic heterocycles. The smallest absolute Gasteiger partial charge is 0.0967 e. The number of unbranched alkanes of at least 4 members (excludes halogenated alkanes) is 7. The average Bonchev–Trinajstić information content (AvgIpc) is 2.58. The van der Waals surface area contributed by atoms with E-state index in [1.165, 1.54) is 56.9 Å². The van der Waals surface area contributed by atoms with Crippen LogP contribution in [-0.2, 0) is 6.42 Å². The second-order valence-electron chi connectivity index (χ2n) is 7.12. The molecule has 2 N–H and O–H groups in total. The Morgan fingerprint density at radius 2 is 1.42 bits per heavy atom. The minimum atomic E-state index is -0.651. The fourth-order valence-corrected chi connectivity index (χ4v) is 3.11. The molecule has 1 aromatic rings. The van der Waals surface area contributed by atoms with Gasteiger partial charge in [-0.25, -0.2) is 0 Å². The summed E-state index contributed by atoms with van der Waals surface area (Å²) in [6.07, 6.45) is 11.2. The summed E-state index contributed by atoms with van der Waals surface area (Å²) in [5, 5.41) is 19.8. The molecule has 0 aliphatic heterocycles. The topological polar surface area (TPSA) is 43.7 Å². The lowest BCUT2D eigenvalue weighted by molar-refractivity contribution is 0.0389. The number of likely N-dealkylation sites (N-methyl/N-ethyl adjacent to an activating group) is 1. The molecule has 0 fully saturated rings. The fourth-order valence-electron chi connectivity index (χ4n) is 3.11. The first-order valence-electron chi connectivity index (χ1n) is 9.64. The largest absolute Gasteiger partial charge is 0.395 e. The first-order valence-corrected chi connectivity index (χ1v) is 9.64. The molecule has 0 aliphatic rings. The molecule has 0 bridgehead atoms. The van der Waals surface area contributed by atoms with Crippen LogP contribution in [0.1, 0.15) is 75.5 Å². The van der Waals surface area contributed by atoms with Gasteiger partial charge >= 0.3 is 0 Å². The summed E-state index contributed by atoms with van der Waals surface area (Å²) >= 11 is 0. The number of aliphatic hydroxyl groups is 2. The summed E-state index contributed by atoms with van der Waals surface area (Å²) in [5.41, 5.74) is 2.21. The number of aliphatic hydroxyl groups excluding tert-OH is 2. The predicted octanol–water partition coefficient (Wildman–Crippen LogP) is 4.33. The van der Waals surface area contributed by atoms with Crippen LogP contribution >= 0.6 is 0 Å². The van der Waals surface area contributed by atoms with Crippen molar-refractivity contribution in [3.05, 3.63) is 35.4 Å². The standard InChI is InChI=1S/C21H37NO2/c1-4-5-6-7-8-9-10-11-12-18-13-15-19(16-14-18)21(24)20(17-23)22(2)3/h13-16,20-21,23-24H,4-12,17H2,1-3H3. The summed E-state index contributed by atoms with van der Waals surface area (Å²) in [6, 6.07) is 7.96. The lowest BCUT2D eigenvalue weighted by atomic mass is 9.98. The summed E-state index contributed by atoms with van der Waals surface area (Å²) in [7, 11) is 3.75. The molecular formula is C21H37NO2. The molecule has 0 heterocycles. The first kappa shape index (κ1) is 21.1. The van der Waals surface area contributed by atoms with Crippen molar-refractivity contribution >= 4 is 0 Å².